The van der Waals surface area contributed by atoms with E-state index in [0.29, 0.717) is 0 Å². The zero-order valence-electron chi connectivity index (χ0n) is 9.61. The summed E-state index contributed by atoms with van der Waals surface area (Å²) < 4.78 is 0. The molecule has 0 aliphatic rings. The van der Waals surface area contributed by atoms with E-state index in [2.05, 4.69) is 47.8 Å². The predicted molar refractivity (Wildman–Crippen MR) is 69.6 cm³/mol. The molecule has 3 N–H and O–H groups in total. The number of benzene rings is 2. The van der Waals surface area contributed by atoms with Gasteiger partial charge in [-0.05, 0) is 29.8 Å². The van der Waals surface area contributed by atoms with Gasteiger partial charge in [0, 0.05) is 12.6 Å². The molecule has 0 saturated carbocycles. The monoisotopic (exact) mass is 214 g/mol. The van der Waals surface area contributed by atoms with Gasteiger partial charge in [0.25, 0.3) is 0 Å². The molecule has 2 aromatic carbocycles. The van der Waals surface area contributed by atoms with Gasteiger partial charge in [0.2, 0.25) is 0 Å². The predicted octanol–water partition coefficient (Wildman–Crippen LogP) is 1.93. The van der Waals surface area contributed by atoms with Gasteiger partial charge in [-0.25, -0.2) is 0 Å². The second-order valence-electron chi connectivity index (χ2n) is 4.16. The van der Waals surface area contributed by atoms with E-state index in [4.69, 9.17) is 5.73 Å². The molecule has 2 aromatic rings. The molecule has 1 atom stereocenters. The van der Waals surface area contributed by atoms with Crippen LogP contribution in [0, 0.1) is 0 Å². The van der Waals surface area contributed by atoms with Gasteiger partial charge in [0.05, 0.1) is 0 Å². The fourth-order valence-corrected chi connectivity index (χ4v) is 2.09. The van der Waals surface area contributed by atoms with E-state index in [1.165, 1.54) is 16.3 Å². The second-order valence-corrected chi connectivity index (χ2v) is 4.16. The molecule has 0 heterocycles. The van der Waals surface area contributed by atoms with E-state index < -0.39 is 0 Å². The third-order valence-electron chi connectivity index (χ3n) is 2.83. The Kier molecular flexibility index (Phi) is 3.54. The van der Waals surface area contributed by atoms with Gasteiger partial charge in [-0.3, -0.25) is 0 Å². The molecule has 84 valence electrons. The maximum atomic E-state index is 6.04. The zero-order valence-corrected chi connectivity index (χ0v) is 9.61. The number of nitrogens with one attached hydrogen (secondary N) is 1. The zero-order chi connectivity index (χ0) is 11.4. The van der Waals surface area contributed by atoms with Crippen molar-refractivity contribution in [2.24, 2.45) is 5.73 Å². The van der Waals surface area contributed by atoms with Gasteiger partial charge < -0.3 is 11.1 Å². The fourth-order valence-electron chi connectivity index (χ4n) is 2.09. The summed E-state index contributed by atoms with van der Waals surface area (Å²) in [6.07, 6.45) is 0.919. The quantitative estimate of drug-likeness (QED) is 0.816. The molecule has 1 unspecified atom stereocenters. The Labute approximate surface area is 96.5 Å². The first kappa shape index (κ1) is 11.1. The lowest BCUT2D eigenvalue weighted by Crippen LogP contribution is -2.33. The smallest absolute Gasteiger partial charge is 0.0206 e. The first-order chi connectivity index (χ1) is 7.81. The average molecular weight is 214 g/mol. The standard InChI is InChI=1S/C14H18N2/c1-16-10-13(15)9-12-7-4-6-11-5-2-3-8-14(11)12/h2-8,13,16H,9-10,15H2,1H3. The Morgan fingerprint density at radius 3 is 2.69 bits per heavy atom. The highest BCUT2D eigenvalue weighted by molar-refractivity contribution is 5.85. The number of fused-ring (bicyclic) bond motifs is 1. The van der Waals surface area contributed by atoms with Crippen LogP contribution in [0.3, 0.4) is 0 Å². The lowest BCUT2D eigenvalue weighted by Gasteiger charge is -2.12. The summed E-state index contributed by atoms with van der Waals surface area (Å²) in [5, 5.41) is 5.72. The number of rotatable bonds is 4. The van der Waals surface area contributed by atoms with Gasteiger partial charge in [-0.15, -0.1) is 0 Å². The van der Waals surface area contributed by atoms with Crippen molar-refractivity contribution >= 4 is 10.8 Å². The normalized spacial score (nSPS) is 12.9. The van der Waals surface area contributed by atoms with Gasteiger partial charge in [-0.2, -0.15) is 0 Å². The Morgan fingerprint density at radius 1 is 1.12 bits per heavy atom. The van der Waals surface area contributed by atoms with Gasteiger partial charge in [-0.1, -0.05) is 42.5 Å². The minimum atomic E-state index is 0.177. The molecule has 0 spiro atoms. The molecule has 0 aliphatic heterocycles. The molecule has 0 amide bonds. The lowest BCUT2D eigenvalue weighted by molar-refractivity contribution is 0.617. The molecule has 0 bridgehead atoms. The minimum absolute atomic E-state index is 0.177. The van der Waals surface area contributed by atoms with Crippen LogP contribution in [0.4, 0.5) is 0 Å². The number of hydrogen-bond donors (Lipinski definition) is 2. The van der Waals surface area contributed by atoms with E-state index in [1.807, 2.05) is 7.05 Å². The summed E-state index contributed by atoms with van der Waals surface area (Å²) in [5.74, 6) is 0. The molecular formula is C14H18N2. The Bertz CT molecular complexity index is 460. The third kappa shape index (κ3) is 2.40. The number of likely N-dealkylation sites (N-methyl/N-ethyl adjacent to an activating group) is 1. The van der Waals surface area contributed by atoms with Crippen LogP contribution in [0.15, 0.2) is 42.5 Å². The van der Waals surface area contributed by atoms with E-state index >= 15 is 0 Å². The molecule has 0 aliphatic carbocycles. The van der Waals surface area contributed by atoms with Crippen molar-refractivity contribution < 1.29 is 0 Å². The van der Waals surface area contributed by atoms with E-state index in [-0.39, 0.29) is 6.04 Å². The van der Waals surface area contributed by atoms with Crippen LogP contribution < -0.4 is 11.1 Å². The van der Waals surface area contributed by atoms with Crippen molar-refractivity contribution in [3.8, 4) is 0 Å². The van der Waals surface area contributed by atoms with Crippen molar-refractivity contribution in [3.63, 3.8) is 0 Å². The van der Waals surface area contributed by atoms with Gasteiger partial charge in [0.1, 0.15) is 0 Å². The summed E-state index contributed by atoms with van der Waals surface area (Å²) in [4.78, 5) is 0. The molecule has 2 nitrogen and oxygen atoms in total. The highest BCUT2D eigenvalue weighted by Gasteiger charge is 2.05. The Hall–Kier alpha value is -1.38. The first-order valence-electron chi connectivity index (χ1n) is 5.68. The van der Waals surface area contributed by atoms with Crippen molar-refractivity contribution in [2.75, 3.05) is 13.6 Å². The van der Waals surface area contributed by atoms with Crippen molar-refractivity contribution in [2.45, 2.75) is 12.5 Å². The van der Waals surface area contributed by atoms with E-state index in [9.17, 15) is 0 Å². The van der Waals surface area contributed by atoms with Crippen LogP contribution in [-0.4, -0.2) is 19.6 Å². The van der Waals surface area contributed by atoms with Crippen LogP contribution in [0.5, 0.6) is 0 Å². The molecule has 0 radical (unpaired) electrons. The first-order valence-corrected chi connectivity index (χ1v) is 5.68. The molecule has 16 heavy (non-hydrogen) atoms. The van der Waals surface area contributed by atoms with Gasteiger partial charge in [0.15, 0.2) is 0 Å². The molecule has 0 saturated heterocycles. The lowest BCUT2D eigenvalue weighted by atomic mass is 9.99. The minimum Gasteiger partial charge on any atom is -0.326 e. The third-order valence-corrected chi connectivity index (χ3v) is 2.83. The topological polar surface area (TPSA) is 38.0 Å². The molecule has 0 aromatic heterocycles. The van der Waals surface area contributed by atoms with Crippen LogP contribution in [0.2, 0.25) is 0 Å². The Morgan fingerprint density at radius 2 is 1.88 bits per heavy atom. The van der Waals surface area contributed by atoms with Crippen LogP contribution >= 0.6 is 0 Å². The molecule has 2 rings (SSSR count). The van der Waals surface area contributed by atoms with Crippen molar-refractivity contribution in [1.82, 2.24) is 5.32 Å². The largest absolute Gasteiger partial charge is 0.326 e. The summed E-state index contributed by atoms with van der Waals surface area (Å²) in [7, 11) is 1.93. The van der Waals surface area contributed by atoms with Crippen LogP contribution in [-0.2, 0) is 6.42 Å². The van der Waals surface area contributed by atoms with Gasteiger partial charge >= 0.3 is 0 Å². The SMILES string of the molecule is CNCC(N)Cc1cccc2ccccc12. The summed E-state index contributed by atoms with van der Waals surface area (Å²) in [6.45, 7) is 0.850. The van der Waals surface area contributed by atoms with Crippen LogP contribution in [0.1, 0.15) is 5.56 Å². The molecular weight excluding hydrogens is 196 g/mol. The fraction of sp³-hybridized carbons (Fsp3) is 0.286. The molecule has 0 fully saturated rings. The highest BCUT2D eigenvalue weighted by atomic mass is 14.9. The van der Waals surface area contributed by atoms with E-state index in [0.717, 1.165) is 13.0 Å². The highest BCUT2D eigenvalue weighted by Crippen LogP contribution is 2.19. The summed E-state index contributed by atoms with van der Waals surface area (Å²) in [5.41, 5.74) is 7.38. The maximum Gasteiger partial charge on any atom is 0.0206 e. The maximum absolute atomic E-state index is 6.04. The van der Waals surface area contributed by atoms with E-state index in [1.54, 1.807) is 0 Å². The average Bonchev–Trinajstić information content (AvgIpc) is 2.30. The van der Waals surface area contributed by atoms with Crippen LogP contribution in [0.25, 0.3) is 10.8 Å². The molecule has 2 heteroatoms. The number of nitrogens with two attached hydrogens (primary N) is 1. The van der Waals surface area contributed by atoms with Crippen molar-refractivity contribution in [1.29, 1.82) is 0 Å². The second kappa shape index (κ2) is 5.10. The van der Waals surface area contributed by atoms with Crippen molar-refractivity contribution in [3.05, 3.63) is 48.0 Å². The summed E-state index contributed by atoms with van der Waals surface area (Å²) >= 11 is 0. The Balaban J connectivity index is 2.30. The number of hydrogen-bond acceptors (Lipinski definition) is 2. The summed E-state index contributed by atoms with van der Waals surface area (Å²) in [6, 6.07) is 15.0.